The molecule has 0 heterocycles. The number of nitrogens with zero attached hydrogens (tertiary/aromatic N) is 1. The summed E-state index contributed by atoms with van der Waals surface area (Å²) in [5.74, 6) is 0.123. The van der Waals surface area contributed by atoms with Crippen molar-refractivity contribution in [3.8, 4) is 0 Å². The fourth-order valence-electron chi connectivity index (χ4n) is 2.26. The van der Waals surface area contributed by atoms with Gasteiger partial charge in [-0.2, -0.15) is 0 Å². The third-order valence-corrected chi connectivity index (χ3v) is 4.13. The first kappa shape index (κ1) is 17.6. The van der Waals surface area contributed by atoms with E-state index in [1.807, 2.05) is 42.2 Å². The average molecular weight is 306 g/mol. The molecule has 1 rings (SSSR count). The second kappa shape index (κ2) is 8.78. The molecular weight excluding hydrogens is 280 g/mol. The maximum atomic E-state index is 12.7. The summed E-state index contributed by atoms with van der Waals surface area (Å²) in [5.41, 5.74) is 6.91. The lowest BCUT2D eigenvalue weighted by Crippen LogP contribution is -2.43. The summed E-state index contributed by atoms with van der Waals surface area (Å²) in [4.78, 5) is 14.9. The molecule has 116 valence electrons. The molecule has 0 bridgehead atoms. The Balaban J connectivity index is 2.83. The summed E-state index contributed by atoms with van der Waals surface area (Å²) in [7, 11) is 0. The van der Waals surface area contributed by atoms with Gasteiger partial charge in [0.15, 0.2) is 0 Å². The third-order valence-electron chi connectivity index (χ3n) is 3.85. The maximum Gasteiger partial charge on any atom is 0.232 e. The molecule has 2 atom stereocenters. The molecule has 0 aliphatic carbocycles. The van der Waals surface area contributed by atoms with Crippen molar-refractivity contribution >= 4 is 23.1 Å². The van der Waals surface area contributed by atoms with Crippen molar-refractivity contribution in [2.45, 2.75) is 33.6 Å². The number of hydrogen-bond donors (Lipinski definition) is 1. The predicted molar refractivity (Wildman–Crippen MR) is 92.1 cm³/mol. The Morgan fingerprint density at radius 2 is 1.90 bits per heavy atom. The Morgan fingerprint density at radius 1 is 1.29 bits per heavy atom. The van der Waals surface area contributed by atoms with Gasteiger partial charge < -0.3 is 10.6 Å². The fourth-order valence-corrected chi connectivity index (χ4v) is 2.44. The molecule has 1 aromatic carbocycles. The van der Waals surface area contributed by atoms with Crippen LogP contribution in [0.3, 0.4) is 0 Å². The molecule has 0 spiro atoms. The van der Waals surface area contributed by atoms with Crippen LogP contribution in [-0.4, -0.2) is 28.9 Å². The predicted octanol–water partition coefficient (Wildman–Crippen LogP) is 3.03. The zero-order chi connectivity index (χ0) is 15.8. The van der Waals surface area contributed by atoms with Gasteiger partial charge in [0.2, 0.25) is 5.91 Å². The van der Waals surface area contributed by atoms with Gasteiger partial charge in [-0.1, -0.05) is 62.8 Å². The number of carbonyl (C=O) groups is 1. The minimum absolute atomic E-state index is 0.0501. The van der Waals surface area contributed by atoms with Crippen LogP contribution in [0, 0.1) is 11.8 Å². The smallest absolute Gasteiger partial charge is 0.232 e. The summed E-state index contributed by atoms with van der Waals surface area (Å²) >= 11 is 5.13. The number of carbonyl (C=O) groups excluding carboxylic acids is 1. The van der Waals surface area contributed by atoms with Crippen LogP contribution in [0.15, 0.2) is 30.3 Å². The highest BCUT2D eigenvalue weighted by atomic mass is 32.1. The zero-order valence-electron chi connectivity index (χ0n) is 13.2. The molecule has 0 radical (unpaired) electrons. The number of thiocarbonyl (C=S) groups is 1. The van der Waals surface area contributed by atoms with E-state index in [2.05, 4.69) is 13.8 Å². The molecule has 0 aliphatic heterocycles. The van der Waals surface area contributed by atoms with Crippen molar-refractivity contribution < 1.29 is 4.79 Å². The van der Waals surface area contributed by atoms with Crippen LogP contribution in [0.5, 0.6) is 0 Å². The van der Waals surface area contributed by atoms with Gasteiger partial charge in [0.25, 0.3) is 0 Å². The van der Waals surface area contributed by atoms with Crippen molar-refractivity contribution in [1.82, 2.24) is 4.90 Å². The molecule has 2 N–H and O–H groups in total. The van der Waals surface area contributed by atoms with E-state index < -0.39 is 5.92 Å². The van der Waals surface area contributed by atoms with E-state index in [1.165, 1.54) is 0 Å². The standard InChI is InChI=1S/C17H26N2OS/c1-4-13(3)12-19(5-2)17(20)15(16(18)21)11-14-9-7-6-8-10-14/h6-10,13,15H,4-5,11-12H2,1-3H3,(H2,18,21). The highest BCUT2D eigenvalue weighted by Gasteiger charge is 2.26. The summed E-state index contributed by atoms with van der Waals surface area (Å²) in [6, 6.07) is 9.90. The Kier molecular flexibility index (Phi) is 7.37. The van der Waals surface area contributed by atoms with Crippen molar-refractivity contribution in [3.63, 3.8) is 0 Å². The van der Waals surface area contributed by atoms with Crippen LogP contribution >= 0.6 is 12.2 Å². The van der Waals surface area contributed by atoms with Gasteiger partial charge in [-0.25, -0.2) is 0 Å². The minimum atomic E-state index is -0.411. The Labute approximate surface area is 133 Å². The summed E-state index contributed by atoms with van der Waals surface area (Å²) in [6.07, 6.45) is 1.63. The molecule has 1 amide bonds. The second-order valence-electron chi connectivity index (χ2n) is 5.53. The maximum absolute atomic E-state index is 12.7. The molecule has 0 aromatic heterocycles. The van der Waals surface area contributed by atoms with Crippen LogP contribution < -0.4 is 5.73 Å². The Bertz CT molecular complexity index is 461. The summed E-state index contributed by atoms with van der Waals surface area (Å²) < 4.78 is 0. The average Bonchev–Trinajstić information content (AvgIpc) is 2.50. The number of nitrogens with two attached hydrogens (primary N) is 1. The fraction of sp³-hybridized carbons (Fsp3) is 0.529. The summed E-state index contributed by atoms with van der Waals surface area (Å²) in [5, 5.41) is 0. The van der Waals surface area contributed by atoms with E-state index in [0.717, 1.165) is 18.5 Å². The molecule has 21 heavy (non-hydrogen) atoms. The van der Waals surface area contributed by atoms with Crippen molar-refractivity contribution in [2.75, 3.05) is 13.1 Å². The van der Waals surface area contributed by atoms with E-state index in [-0.39, 0.29) is 10.9 Å². The molecule has 4 heteroatoms. The molecule has 0 saturated carbocycles. The van der Waals surface area contributed by atoms with E-state index >= 15 is 0 Å². The van der Waals surface area contributed by atoms with Gasteiger partial charge in [-0.15, -0.1) is 0 Å². The Hall–Kier alpha value is -1.42. The lowest BCUT2D eigenvalue weighted by molar-refractivity contribution is -0.133. The molecule has 0 saturated heterocycles. The van der Waals surface area contributed by atoms with Gasteiger partial charge in [-0.05, 0) is 24.8 Å². The van der Waals surface area contributed by atoms with Crippen molar-refractivity contribution in [1.29, 1.82) is 0 Å². The number of hydrogen-bond acceptors (Lipinski definition) is 2. The van der Waals surface area contributed by atoms with Crippen LogP contribution in [-0.2, 0) is 11.2 Å². The largest absolute Gasteiger partial charge is 0.393 e. The topological polar surface area (TPSA) is 46.3 Å². The molecule has 1 aromatic rings. The number of benzene rings is 1. The summed E-state index contributed by atoms with van der Waals surface area (Å²) in [6.45, 7) is 7.75. The number of amides is 1. The molecule has 2 unspecified atom stereocenters. The number of rotatable bonds is 8. The van der Waals surface area contributed by atoms with Crippen LogP contribution in [0.1, 0.15) is 32.8 Å². The molecule has 0 fully saturated rings. The van der Waals surface area contributed by atoms with Gasteiger partial charge >= 0.3 is 0 Å². The minimum Gasteiger partial charge on any atom is -0.393 e. The molecule has 3 nitrogen and oxygen atoms in total. The Morgan fingerprint density at radius 3 is 2.38 bits per heavy atom. The normalized spacial score (nSPS) is 13.5. The van der Waals surface area contributed by atoms with E-state index in [4.69, 9.17) is 18.0 Å². The highest BCUT2D eigenvalue weighted by Crippen LogP contribution is 2.14. The quantitative estimate of drug-likeness (QED) is 0.751. The van der Waals surface area contributed by atoms with Gasteiger partial charge in [0.05, 0.1) is 10.9 Å². The third kappa shape index (κ3) is 5.46. The van der Waals surface area contributed by atoms with Crippen molar-refractivity contribution in [3.05, 3.63) is 35.9 Å². The van der Waals surface area contributed by atoms with Crippen molar-refractivity contribution in [2.24, 2.45) is 17.6 Å². The lowest BCUT2D eigenvalue weighted by Gasteiger charge is -2.28. The van der Waals surface area contributed by atoms with E-state index in [9.17, 15) is 4.79 Å². The first-order chi connectivity index (χ1) is 9.99. The van der Waals surface area contributed by atoms with Crippen LogP contribution in [0.2, 0.25) is 0 Å². The molecule has 0 aliphatic rings. The lowest BCUT2D eigenvalue weighted by atomic mass is 9.97. The second-order valence-corrected chi connectivity index (χ2v) is 6.01. The van der Waals surface area contributed by atoms with Gasteiger partial charge in [0, 0.05) is 13.1 Å². The SMILES string of the molecule is CCC(C)CN(CC)C(=O)C(Cc1ccccc1)C(N)=S. The van der Waals surface area contributed by atoms with E-state index in [0.29, 0.717) is 18.9 Å². The molecular formula is C17H26N2OS. The van der Waals surface area contributed by atoms with E-state index in [1.54, 1.807) is 0 Å². The highest BCUT2D eigenvalue weighted by molar-refractivity contribution is 7.80. The first-order valence-corrected chi connectivity index (χ1v) is 8.02. The first-order valence-electron chi connectivity index (χ1n) is 7.61. The van der Waals surface area contributed by atoms with Gasteiger partial charge in [-0.3, -0.25) is 4.79 Å². The van der Waals surface area contributed by atoms with Crippen LogP contribution in [0.4, 0.5) is 0 Å². The monoisotopic (exact) mass is 306 g/mol. The van der Waals surface area contributed by atoms with Gasteiger partial charge in [0.1, 0.15) is 0 Å². The van der Waals surface area contributed by atoms with Crippen LogP contribution in [0.25, 0.3) is 0 Å². The zero-order valence-corrected chi connectivity index (χ0v) is 14.0.